The van der Waals surface area contributed by atoms with E-state index in [0.29, 0.717) is 40.1 Å². The third-order valence-electron chi connectivity index (χ3n) is 6.73. The summed E-state index contributed by atoms with van der Waals surface area (Å²) in [6.07, 6.45) is 0. The van der Waals surface area contributed by atoms with Gasteiger partial charge in [-0.25, -0.2) is 0 Å². The van der Waals surface area contributed by atoms with Crippen molar-refractivity contribution in [1.29, 1.82) is 0 Å². The maximum Gasteiger partial charge on any atom is 0.253 e. The standard InChI is InChI=1S/C33H30N2O3/c1-21-18-27(32-28(19-21)30(36)22(2)31(38-32)25-14-8-5-9-15-25)23(3)35-29-17-11-10-16-26(29)33(37)34-20-24-12-6-4-7-13-24/h4-19,23,35H,20H2,1-3H3,(H,34,37). The van der Waals surface area contributed by atoms with Crippen molar-refractivity contribution in [2.45, 2.75) is 33.4 Å². The van der Waals surface area contributed by atoms with E-state index in [2.05, 4.69) is 10.6 Å². The van der Waals surface area contributed by atoms with E-state index >= 15 is 0 Å². The lowest BCUT2D eigenvalue weighted by atomic mass is 9.98. The minimum atomic E-state index is -0.241. The smallest absolute Gasteiger partial charge is 0.253 e. The van der Waals surface area contributed by atoms with Gasteiger partial charge in [0.05, 0.1) is 17.0 Å². The van der Waals surface area contributed by atoms with E-state index in [1.807, 2.05) is 112 Å². The molecule has 1 heterocycles. The van der Waals surface area contributed by atoms with Crippen LogP contribution >= 0.6 is 0 Å². The average molecular weight is 503 g/mol. The Kier molecular flexibility index (Phi) is 7.09. The predicted octanol–water partition coefficient (Wildman–Crippen LogP) is 7.18. The zero-order chi connectivity index (χ0) is 26.6. The van der Waals surface area contributed by atoms with E-state index in [1.165, 1.54) is 0 Å². The summed E-state index contributed by atoms with van der Waals surface area (Å²) in [5.41, 5.74) is 6.07. The molecule has 5 heteroatoms. The van der Waals surface area contributed by atoms with Gasteiger partial charge in [-0.1, -0.05) is 78.9 Å². The fourth-order valence-corrected chi connectivity index (χ4v) is 4.75. The third-order valence-corrected chi connectivity index (χ3v) is 6.73. The van der Waals surface area contributed by atoms with Crippen LogP contribution in [0.3, 0.4) is 0 Å². The van der Waals surface area contributed by atoms with Crippen LogP contribution < -0.4 is 16.1 Å². The van der Waals surface area contributed by atoms with Gasteiger partial charge in [0.15, 0.2) is 5.43 Å². The summed E-state index contributed by atoms with van der Waals surface area (Å²) < 4.78 is 6.45. The average Bonchev–Trinajstić information content (AvgIpc) is 2.95. The van der Waals surface area contributed by atoms with Crippen LogP contribution in [0.15, 0.2) is 106 Å². The van der Waals surface area contributed by atoms with Crippen molar-refractivity contribution in [1.82, 2.24) is 5.32 Å². The number of benzene rings is 4. The van der Waals surface area contributed by atoms with E-state index in [0.717, 1.165) is 22.3 Å². The molecule has 0 bridgehead atoms. The molecule has 0 aliphatic carbocycles. The molecule has 2 N–H and O–H groups in total. The first kappa shape index (κ1) is 25.0. The zero-order valence-electron chi connectivity index (χ0n) is 21.7. The summed E-state index contributed by atoms with van der Waals surface area (Å²) in [6, 6.07) is 30.6. The molecule has 5 nitrogen and oxygen atoms in total. The molecule has 5 rings (SSSR count). The fraction of sp³-hybridized carbons (Fsp3) is 0.152. The Morgan fingerprint density at radius 3 is 2.26 bits per heavy atom. The quantitative estimate of drug-likeness (QED) is 0.247. The minimum absolute atomic E-state index is 0.0389. The van der Waals surface area contributed by atoms with Gasteiger partial charge in [0.25, 0.3) is 5.91 Å². The molecular formula is C33H30N2O3. The number of para-hydroxylation sites is 1. The first-order chi connectivity index (χ1) is 18.4. The zero-order valence-corrected chi connectivity index (χ0v) is 21.7. The highest BCUT2D eigenvalue weighted by Crippen LogP contribution is 2.32. The molecule has 0 spiro atoms. The molecule has 38 heavy (non-hydrogen) atoms. The lowest BCUT2D eigenvalue weighted by molar-refractivity contribution is 0.0951. The molecule has 1 unspecified atom stereocenters. The molecule has 0 aliphatic heterocycles. The fourth-order valence-electron chi connectivity index (χ4n) is 4.75. The van der Waals surface area contributed by atoms with Crippen LogP contribution in [0.4, 0.5) is 5.69 Å². The lowest BCUT2D eigenvalue weighted by Crippen LogP contribution is -2.24. The van der Waals surface area contributed by atoms with Crippen LogP contribution in [0.25, 0.3) is 22.3 Å². The topological polar surface area (TPSA) is 71.3 Å². The van der Waals surface area contributed by atoms with Crippen molar-refractivity contribution in [3.63, 3.8) is 0 Å². The number of amides is 1. The van der Waals surface area contributed by atoms with Gasteiger partial charge in [0.1, 0.15) is 11.3 Å². The lowest BCUT2D eigenvalue weighted by Gasteiger charge is -2.20. The van der Waals surface area contributed by atoms with Crippen molar-refractivity contribution in [2.24, 2.45) is 0 Å². The molecule has 0 saturated heterocycles. The van der Waals surface area contributed by atoms with Crippen molar-refractivity contribution in [3.05, 3.63) is 135 Å². The van der Waals surface area contributed by atoms with Gasteiger partial charge in [0, 0.05) is 28.9 Å². The molecule has 0 radical (unpaired) electrons. The number of nitrogens with one attached hydrogen (secondary N) is 2. The first-order valence-corrected chi connectivity index (χ1v) is 12.7. The van der Waals surface area contributed by atoms with Gasteiger partial charge in [-0.2, -0.15) is 0 Å². The van der Waals surface area contributed by atoms with Crippen LogP contribution in [-0.2, 0) is 6.54 Å². The summed E-state index contributed by atoms with van der Waals surface area (Å²) in [6.45, 7) is 6.23. The Bertz CT molecular complexity index is 1660. The largest absolute Gasteiger partial charge is 0.455 e. The Morgan fingerprint density at radius 1 is 0.868 bits per heavy atom. The van der Waals surface area contributed by atoms with Crippen LogP contribution in [0.5, 0.6) is 0 Å². The van der Waals surface area contributed by atoms with E-state index in [1.54, 1.807) is 6.07 Å². The van der Waals surface area contributed by atoms with E-state index < -0.39 is 0 Å². The highest BCUT2D eigenvalue weighted by atomic mass is 16.3. The van der Waals surface area contributed by atoms with Crippen LogP contribution in [0.2, 0.25) is 0 Å². The Hall–Kier alpha value is -4.64. The minimum Gasteiger partial charge on any atom is -0.455 e. The number of carbonyl (C=O) groups is 1. The van der Waals surface area contributed by atoms with E-state index in [4.69, 9.17) is 4.42 Å². The van der Waals surface area contributed by atoms with Crippen LogP contribution in [0.1, 0.15) is 45.6 Å². The second-order valence-electron chi connectivity index (χ2n) is 9.56. The predicted molar refractivity (Wildman–Crippen MR) is 153 cm³/mol. The highest BCUT2D eigenvalue weighted by molar-refractivity contribution is 5.99. The number of hydrogen-bond acceptors (Lipinski definition) is 4. The molecule has 0 aliphatic rings. The van der Waals surface area contributed by atoms with Crippen molar-refractivity contribution in [2.75, 3.05) is 5.32 Å². The number of hydrogen-bond donors (Lipinski definition) is 2. The number of aryl methyl sites for hydroxylation is 1. The van der Waals surface area contributed by atoms with Crippen molar-refractivity contribution >= 4 is 22.6 Å². The van der Waals surface area contributed by atoms with Gasteiger partial charge in [-0.3, -0.25) is 9.59 Å². The SMILES string of the molecule is Cc1cc(C(C)Nc2ccccc2C(=O)NCc2ccccc2)c2oc(-c3ccccc3)c(C)c(=O)c2c1. The maximum absolute atomic E-state index is 13.4. The summed E-state index contributed by atoms with van der Waals surface area (Å²) in [7, 11) is 0. The van der Waals surface area contributed by atoms with Crippen LogP contribution in [-0.4, -0.2) is 5.91 Å². The Balaban J connectivity index is 1.50. The van der Waals surface area contributed by atoms with E-state index in [-0.39, 0.29) is 17.4 Å². The summed E-state index contributed by atoms with van der Waals surface area (Å²) >= 11 is 0. The first-order valence-electron chi connectivity index (χ1n) is 12.7. The molecule has 1 aromatic heterocycles. The molecule has 1 amide bonds. The van der Waals surface area contributed by atoms with Gasteiger partial charge >= 0.3 is 0 Å². The molecule has 190 valence electrons. The van der Waals surface area contributed by atoms with Crippen molar-refractivity contribution in [3.8, 4) is 11.3 Å². The molecule has 0 fully saturated rings. The normalized spacial score (nSPS) is 11.8. The monoisotopic (exact) mass is 502 g/mol. The number of anilines is 1. The summed E-state index contributed by atoms with van der Waals surface area (Å²) in [5.74, 6) is 0.410. The Labute approximate surface area is 222 Å². The molecule has 1 atom stereocenters. The number of fused-ring (bicyclic) bond motifs is 1. The van der Waals surface area contributed by atoms with Gasteiger partial charge in [-0.05, 0) is 50.1 Å². The summed E-state index contributed by atoms with van der Waals surface area (Å²) in [4.78, 5) is 26.5. The Morgan fingerprint density at radius 2 is 1.53 bits per heavy atom. The van der Waals surface area contributed by atoms with Gasteiger partial charge in [0.2, 0.25) is 0 Å². The second-order valence-corrected chi connectivity index (χ2v) is 9.56. The third kappa shape index (κ3) is 5.09. The molecular weight excluding hydrogens is 472 g/mol. The number of rotatable bonds is 7. The number of carbonyl (C=O) groups excluding carboxylic acids is 1. The van der Waals surface area contributed by atoms with Crippen LogP contribution in [0, 0.1) is 13.8 Å². The maximum atomic E-state index is 13.4. The summed E-state index contributed by atoms with van der Waals surface area (Å²) in [5, 5.41) is 7.06. The van der Waals surface area contributed by atoms with Gasteiger partial charge in [-0.15, -0.1) is 0 Å². The van der Waals surface area contributed by atoms with Gasteiger partial charge < -0.3 is 15.1 Å². The van der Waals surface area contributed by atoms with E-state index in [9.17, 15) is 9.59 Å². The second kappa shape index (κ2) is 10.8. The molecule has 5 aromatic rings. The highest BCUT2D eigenvalue weighted by Gasteiger charge is 2.20. The molecule has 4 aromatic carbocycles. The molecule has 0 saturated carbocycles. The van der Waals surface area contributed by atoms with Crippen molar-refractivity contribution < 1.29 is 9.21 Å².